The van der Waals surface area contributed by atoms with Gasteiger partial charge in [0, 0.05) is 48.5 Å². The Kier molecular flexibility index (Phi) is 3.81. The largest absolute Gasteiger partial charge is 0.368 e. The topological polar surface area (TPSA) is 19.4 Å². The van der Waals surface area contributed by atoms with Gasteiger partial charge in [0.15, 0.2) is 0 Å². The van der Waals surface area contributed by atoms with Crippen LogP contribution in [0, 0.1) is 12.7 Å². The second kappa shape index (κ2) is 5.51. The van der Waals surface area contributed by atoms with E-state index in [1.54, 1.807) is 6.07 Å². The molecule has 0 aliphatic carbocycles. The van der Waals surface area contributed by atoms with Crippen LogP contribution in [-0.2, 0) is 0 Å². The summed E-state index contributed by atoms with van der Waals surface area (Å²) in [6, 6.07) is 7.30. The van der Waals surface area contributed by atoms with Gasteiger partial charge in [-0.05, 0) is 39.8 Å². The molecular weight excluding hydrogens is 277 g/mol. The van der Waals surface area contributed by atoms with Crippen molar-refractivity contribution in [2.24, 2.45) is 0 Å². The average Bonchev–Trinajstić information content (AvgIpc) is 2.47. The molecule has 0 amide bonds. The lowest BCUT2D eigenvalue weighted by molar-refractivity contribution is 0.128. The van der Waals surface area contributed by atoms with Gasteiger partial charge in [0.1, 0.15) is 11.3 Å². The average molecular weight is 301 g/mol. The molecular formula is C18H24FN3. The van der Waals surface area contributed by atoms with Crippen LogP contribution >= 0.6 is 0 Å². The predicted octanol–water partition coefficient (Wildman–Crippen LogP) is 3.60. The Balaban J connectivity index is 1.93. The zero-order valence-corrected chi connectivity index (χ0v) is 13.9. The van der Waals surface area contributed by atoms with Gasteiger partial charge >= 0.3 is 0 Å². The van der Waals surface area contributed by atoms with E-state index in [-0.39, 0.29) is 11.4 Å². The third-order valence-electron chi connectivity index (χ3n) is 4.47. The number of rotatable bonds is 1. The fourth-order valence-electron chi connectivity index (χ4n) is 3.20. The van der Waals surface area contributed by atoms with Gasteiger partial charge in [0.2, 0.25) is 0 Å². The number of aryl methyl sites for hydroxylation is 1. The van der Waals surface area contributed by atoms with Crippen molar-refractivity contribution in [1.82, 2.24) is 9.88 Å². The first-order chi connectivity index (χ1) is 10.4. The predicted molar refractivity (Wildman–Crippen MR) is 90.0 cm³/mol. The van der Waals surface area contributed by atoms with Crippen molar-refractivity contribution >= 4 is 16.6 Å². The summed E-state index contributed by atoms with van der Waals surface area (Å²) < 4.78 is 14.0. The normalized spacial score (nSPS) is 17.2. The van der Waals surface area contributed by atoms with E-state index >= 15 is 0 Å². The van der Waals surface area contributed by atoms with Crippen molar-refractivity contribution in [1.29, 1.82) is 0 Å². The highest BCUT2D eigenvalue weighted by Gasteiger charge is 2.26. The quantitative estimate of drug-likeness (QED) is 0.802. The highest BCUT2D eigenvalue weighted by molar-refractivity contribution is 5.92. The second-order valence-electron chi connectivity index (χ2n) is 7.06. The van der Waals surface area contributed by atoms with E-state index in [1.807, 2.05) is 13.0 Å². The highest BCUT2D eigenvalue weighted by atomic mass is 19.1. The second-order valence-corrected chi connectivity index (χ2v) is 7.06. The Hall–Kier alpha value is -1.68. The molecule has 1 saturated heterocycles. The molecule has 1 aliphatic heterocycles. The Morgan fingerprint density at radius 2 is 1.77 bits per heavy atom. The number of aromatic nitrogens is 1. The smallest absolute Gasteiger partial charge is 0.149 e. The Morgan fingerprint density at radius 1 is 1.09 bits per heavy atom. The first-order valence-electron chi connectivity index (χ1n) is 7.92. The molecule has 1 aliphatic rings. The minimum absolute atomic E-state index is 0.203. The molecule has 0 spiro atoms. The third-order valence-corrected chi connectivity index (χ3v) is 4.47. The maximum Gasteiger partial charge on any atom is 0.149 e. The number of para-hydroxylation sites is 1. The van der Waals surface area contributed by atoms with Gasteiger partial charge < -0.3 is 4.90 Å². The summed E-state index contributed by atoms with van der Waals surface area (Å²) in [5.41, 5.74) is 2.66. The Bertz CT molecular complexity index is 683. The number of pyridine rings is 1. The molecule has 22 heavy (non-hydrogen) atoms. The van der Waals surface area contributed by atoms with Gasteiger partial charge in [-0.3, -0.25) is 4.90 Å². The summed E-state index contributed by atoms with van der Waals surface area (Å²) in [7, 11) is 0. The van der Waals surface area contributed by atoms with Crippen LogP contribution in [0.1, 0.15) is 26.5 Å². The number of hydrogen-bond acceptors (Lipinski definition) is 3. The molecule has 2 aromatic rings. The maximum atomic E-state index is 14.0. The fourth-order valence-corrected chi connectivity index (χ4v) is 3.20. The Labute approximate surface area is 131 Å². The zero-order valence-electron chi connectivity index (χ0n) is 13.9. The van der Waals surface area contributed by atoms with E-state index < -0.39 is 0 Å². The number of piperazine rings is 1. The van der Waals surface area contributed by atoms with Crippen LogP contribution in [0.3, 0.4) is 0 Å². The van der Waals surface area contributed by atoms with Crippen LogP contribution in [0.25, 0.3) is 10.9 Å². The highest BCUT2D eigenvalue weighted by Crippen LogP contribution is 2.29. The lowest BCUT2D eigenvalue weighted by Gasteiger charge is -2.43. The van der Waals surface area contributed by atoms with Gasteiger partial charge in [-0.15, -0.1) is 0 Å². The van der Waals surface area contributed by atoms with Crippen molar-refractivity contribution in [2.45, 2.75) is 33.2 Å². The van der Waals surface area contributed by atoms with Gasteiger partial charge in [-0.1, -0.05) is 12.1 Å². The van der Waals surface area contributed by atoms with Crippen LogP contribution in [0.2, 0.25) is 0 Å². The number of fused-ring (bicyclic) bond motifs is 1. The number of halogens is 1. The summed E-state index contributed by atoms with van der Waals surface area (Å²) in [4.78, 5) is 9.23. The van der Waals surface area contributed by atoms with E-state index in [0.717, 1.165) is 42.9 Å². The molecule has 1 aromatic heterocycles. The van der Waals surface area contributed by atoms with Gasteiger partial charge in [0.25, 0.3) is 0 Å². The number of benzene rings is 1. The minimum Gasteiger partial charge on any atom is -0.368 e. The molecule has 2 heterocycles. The van der Waals surface area contributed by atoms with Crippen molar-refractivity contribution in [3.05, 3.63) is 35.8 Å². The van der Waals surface area contributed by atoms with Crippen LogP contribution in [-0.4, -0.2) is 41.6 Å². The van der Waals surface area contributed by atoms with Crippen molar-refractivity contribution in [2.75, 3.05) is 31.1 Å². The Morgan fingerprint density at radius 3 is 2.41 bits per heavy atom. The molecule has 3 rings (SSSR count). The van der Waals surface area contributed by atoms with Crippen LogP contribution in [0.4, 0.5) is 10.1 Å². The standard InChI is InChI=1S/C18H24FN3/c1-13-12-16(14-6-5-7-15(19)17(14)20-13)21-8-10-22(11-9-21)18(2,3)4/h5-7,12H,8-11H2,1-4H3. The molecule has 0 saturated carbocycles. The minimum atomic E-state index is -0.240. The molecule has 118 valence electrons. The molecule has 0 radical (unpaired) electrons. The monoisotopic (exact) mass is 301 g/mol. The SMILES string of the molecule is Cc1cc(N2CCN(C(C)(C)C)CC2)c2cccc(F)c2n1. The number of anilines is 1. The van der Waals surface area contributed by atoms with E-state index in [2.05, 4.69) is 41.6 Å². The molecule has 0 unspecified atom stereocenters. The van der Waals surface area contributed by atoms with Crippen molar-refractivity contribution < 1.29 is 4.39 Å². The van der Waals surface area contributed by atoms with E-state index in [1.165, 1.54) is 6.07 Å². The zero-order chi connectivity index (χ0) is 15.9. The van der Waals surface area contributed by atoms with E-state index in [0.29, 0.717) is 5.52 Å². The summed E-state index contributed by atoms with van der Waals surface area (Å²) in [6.45, 7) is 12.7. The van der Waals surface area contributed by atoms with E-state index in [4.69, 9.17) is 0 Å². The molecule has 0 bridgehead atoms. The molecule has 0 N–H and O–H groups in total. The van der Waals surface area contributed by atoms with Gasteiger partial charge in [-0.25, -0.2) is 9.37 Å². The molecule has 1 fully saturated rings. The van der Waals surface area contributed by atoms with Crippen molar-refractivity contribution in [3.63, 3.8) is 0 Å². The molecule has 0 atom stereocenters. The maximum absolute atomic E-state index is 14.0. The summed E-state index contributed by atoms with van der Waals surface area (Å²) in [6.07, 6.45) is 0. The fraction of sp³-hybridized carbons (Fsp3) is 0.500. The molecule has 1 aromatic carbocycles. The van der Waals surface area contributed by atoms with Crippen molar-refractivity contribution in [3.8, 4) is 0 Å². The lowest BCUT2D eigenvalue weighted by Crippen LogP contribution is -2.53. The summed E-state index contributed by atoms with van der Waals surface area (Å²) in [5.74, 6) is -0.240. The first kappa shape index (κ1) is 15.2. The van der Waals surface area contributed by atoms with Gasteiger partial charge in [-0.2, -0.15) is 0 Å². The summed E-state index contributed by atoms with van der Waals surface area (Å²) in [5, 5.41) is 0.912. The van der Waals surface area contributed by atoms with E-state index in [9.17, 15) is 4.39 Å². The first-order valence-corrected chi connectivity index (χ1v) is 7.92. The van der Waals surface area contributed by atoms with Crippen LogP contribution in [0.5, 0.6) is 0 Å². The molecule has 4 heteroatoms. The number of nitrogens with zero attached hydrogens (tertiary/aromatic N) is 3. The lowest BCUT2D eigenvalue weighted by atomic mass is 10.0. The number of hydrogen-bond donors (Lipinski definition) is 0. The third kappa shape index (κ3) is 2.80. The van der Waals surface area contributed by atoms with Gasteiger partial charge in [0.05, 0.1) is 0 Å². The summed E-state index contributed by atoms with van der Waals surface area (Å²) >= 11 is 0. The van der Waals surface area contributed by atoms with Crippen LogP contribution in [0.15, 0.2) is 24.3 Å². The van der Waals surface area contributed by atoms with Crippen LogP contribution < -0.4 is 4.90 Å². The molecule has 3 nitrogen and oxygen atoms in total.